The number of aryl methyl sites for hydroxylation is 4. The van der Waals surface area contributed by atoms with Crippen molar-refractivity contribution in [2.24, 2.45) is 0 Å². The van der Waals surface area contributed by atoms with E-state index in [9.17, 15) is 13.2 Å². The van der Waals surface area contributed by atoms with E-state index in [4.69, 9.17) is 4.74 Å². The molecule has 0 amide bonds. The Bertz CT molecular complexity index is 1310. The number of methoxy groups -OCH3 is 1. The second-order valence-electron chi connectivity index (χ2n) is 8.64. The molecule has 0 bridgehead atoms. The zero-order valence-corrected chi connectivity index (χ0v) is 19.9. The van der Waals surface area contributed by atoms with Gasteiger partial charge in [-0.3, -0.25) is 4.98 Å². The molecule has 0 saturated carbocycles. The first-order valence-electron chi connectivity index (χ1n) is 11.8. The molecular weight excluding hydrogens is 470 g/mol. The van der Waals surface area contributed by atoms with Crippen LogP contribution < -0.4 is 4.74 Å². The lowest BCUT2D eigenvalue weighted by molar-refractivity contribution is -0.0522. The summed E-state index contributed by atoms with van der Waals surface area (Å²) in [5.41, 5.74) is 4.33. The standard InChI is InChI=1S/C29H27F4NO2/c1-35-15-14-21-4-11-24(34-18-21)10-3-19-5-12-25-23(16-19)9-8-22(28(25)31)7-2-20-6-13-27(26(30)17-20)36-29(32)33/h4-6,8-9,11-13,16-18,29H,2-3,7,10,14-15H2,1H3. The van der Waals surface area contributed by atoms with E-state index in [1.54, 1.807) is 19.2 Å². The minimum atomic E-state index is -3.09. The number of hydrogen-bond acceptors (Lipinski definition) is 3. The molecule has 0 spiro atoms. The minimum absolute atomic E-state index is 0.300. The molecular formula is C29H27F4NO2. The zero-order valence-electron chi connectivity index (χ0n) is 19.9. The van der Waals surface area contributed by atoms with E-state index in [1.807, 2.05) is 30.5 Å². The molecule has 0 aliphatic heterocycles. The van der Waals surface area contributed by atoms with Crippen molar-refractivity contribution in [3.8, 4) is 5.75 Å². The van der Waals surface area contributed by atoms with E-state index < -0.39 is 18.2 Å². The second kappa shape index (κ2) is 12.0. The van der Waals surface area contributed by atoms with Gasteiger partial charge in [-0.1, -0.05) is 42.5 Å². The summed E-state index contributed by atoms with van der Waals surface area (Å²) in [5, 5.41) is 1.35. The van der Waals surface area contributed by atoms with Crippen molar-refractivity contribution in [3.05, 3.63) is 106 Å². The van der Waals surface area contributed by atoms with Gasteiger partial charge < -0.3 is 9.47 Å². The van der Waals surface area contributed by atoms with Crippen molar-refractivity contribution >= 4 is 10.8 Å². The Labute approximate surface area is 207 Å². The third-order valence-corrected chi connectivity index (χ3v) is 6.14. The molecule has 7 heteroatoms. The molecule has 0 radical (unpaired) electrons. The third kappa shape index (κ3) is 6.61. The van der Waals surface area contributed by atoms with Crippen LogP contribution in [0, 0.1) is 11.6 Å². The van der Waals surface area contributed by atoms with E-state index in [0.29, 0.717) is 36.0 Å². The number of hydrogen-bond donors (Lipinski definition) is 0. The maximum atomic E-state index is 15.2. The number of alkyl halides is 2. The maximum Gasteiger partial charge on any atom is 0.387 e. The molecule has 0 aliphatic carbocycles. The topological polar surface area (TPSA) is 31.4 Å². The van der Waals surface area contributed by atoms with E-state index >= 15 is 4.39 Å². The number of nitrogens with zero attached hydrogens (tertiary/aromatic N) is 1. The van der Waals surface area contributed by atoms with Gasteiger partial charge in [-0.25, -0.2) is 8.78 Å². The van der Waals surface area contributed by atoms with Gasteiger partial charge in [0.15, 0.2) is 11.6 Å². The van der Waals surface area contributed by atoms with Gasteiger partial charge >= 0.3 is 6.61 Å². The van der Waals surface area contributed by atoms with Crippen LogP contribution in [0.25, 0.3) is 10.8 Å². The van der Waals surface area contributed by atoms with Crippen LogP contribution in [0.1, 0.15) is 27.9 Å². The highest BCUT2D eigenvalue weighted by Crippen LogP contribution is 2.25. The smallest absolute Gasteiger partial charge is 0.387 e. The molecule has 0 unspecified atom stereocenters. The quantitative estimate of drug-likeness (QED) is 0.212. The van der Waals surface area contributed by atoms with Crippen molar-refractivity contribution in [2.75, 3.05) is 13.7 Å². The van der Waals surface area contributed by atoms with Gasteiger partial charge in [0.05, 0.1) is 6.61 Å². The zero-order chi connectivity index (χ0) is 25.5. The fraction of sp³-hybridized carbons (Fsp3) is 0.276. The number of halogens is 4. The third-order valence-electron chi connectivity index (χ3n) is 6.14. The van der Waals surface area contributed by atoms with E-state index in [0.717, 1.165) is 47.5 Å². The van der Waals surface area contributed by atoms with Gasteiger partial charge in [0.1, 0.15) is 5.82 Å². The Morgan fingerprint density at radius 2 is 1.53 bits per heavy atom. The van der Waals surface area contributed by atoms with Gasteiger partial charge in [0, 0.05) is 24.4 Å². The summed E-state index contributed by atoms with van der Waals surface area (Å²) in [6.07, 6.45) is 5.01. The molecule has 188 valence electrons. The molecule has 1 heterocycles. The Kier molecular flexibility index (Phi) is 8.54. The first-order chi connectivity index (χ1) is 17.4. The lowest BCUT2D eigenvalue weighted by Gasteiger charge is -2.10. The first kappa shape index (κ1) is 25.6. The van der Waals surface area contributed by atoms with Crippen molar-refractivity contribution in [2.45, 2.75) is 38.7 Å². The molecule has 0 saturated heterocycles. The minimum Gasteiger partial charge on any atom is -0.432 e. The molecule has 0 fully saturated rings. The number of benzene rings is 3. The fourth-order valence-electron chi connectivity index (χ4n) is 4.15. The summed E-state index contributed by atoms with van der Waals surface area (Å²) in [6.45, 7) is -2.42. The average Bonchev–Trinajstić information content (AvgIpc) is 2.87. The van der Waals surface area contributed by atoms with Gasteiger partial charge in [0.25, 0.3) is 0 Å². The van der Waals surface area contributed by atoms with E-state index in [1.165, 1.54) is 12.1 Å². The van der Waals surface area contributed by atoms with Gasteiger partial charge in [-0.05, 0) is 77.9 Å². The van der Waals surface area contributed by atoms with Crippen LogP contribution in [0.5, 0.6) is 5.75 Å². The monoisotopic (exact) mass is 497 g/mol. The number of fused-ring (bicyclic) bond motifs is 1. The highest BCUT2D eigenvalue weighted by Gasteiger charge is 2.12. The number of ether oxygens (including phenoxy) is 2. The highest BCUT2D eigenvalue weighted by atomic mass is 19.3. The summed E-state index contributed by atoms with van der Waals surface area (Å²) in [4.78, 5) is 4.52. The van der Waals surface area contributed by atoms with Gasteiger partial charge in [0.2, 0.25) is 0 Å². The molecule has 1 aromatic heterocycles. The molecule has 4 rings (SSSR count). The van der Waals surface area contributed by atoms with Crippen LogP contribution in [-0.2, 0) is 36.8 Å². The van der Waals surface area contributed by atoms with Crippen molar-refractivity contribution in [1.82, 2.24) is 4.98 Å². The Morgan fingerprint density at radius 1 is 0.778 bits per heavy atom. The molecule has 3 aromatic carbocycles. The molecule has 0 N–H and O–H groups in total. The SMILES string of the molecule is COCCc1ccc(CCc2ccc3c(F)c(CCc4ccc(OC(F)F)c(F)c4)ccc3c2)nc1. The molecule has 3 nitrogen and oxygen atoms in total. The Hall–Kier alpha value is -3.45. The van der Waals surface area contributed by atoms with Gasteiger partial charge in [-0.15, -0.1) is 0 Å². The number of aromatic nitrogens is 1. The van der Waals surface area contributed by atoms with Crippen LogP contribution >= 0.6 is 0 Å². The predicted octanol–water partition coefficient (Wildman–Crippen LogP) is 6.87. The van der Waals surface area contributed by atoms with E-state index in [2.05, 4.69) is 15.8 Å². The molecule has 36 heavy (non-hydrogen) atoms. The van der Waals surface area contributed by atoms with Crippen molar-refractivity contribution < 1.29 is 27.0 Å². The van der Waals surface area contributed by atoms with Crippen LogP contribution in [0.2, 0.25) is 0 Å². The van der Waals surface area contributed by atoms with Crippen LogP contribution in [0.3, 0.4) is 0 Å². The maximum absolute atomic E-state index is 15.2. The van der Waals surface area contributed by atoms with Crippen LogP contribution in [0.15, 0.2) is 66.9 Å². The Morgan fingerprint density at radius 3 is 2.25 bits per heavy atom. The summed E-state index contributed by atoms with van der Waals surface area (Å²) in [5.74, 6) is -1.67. The van der Waals surface area contributed by atoms with E-state index in [-0.39, 0.29) is 5.82 Å². The largest absolute Gasteiger partial charge is 0.432 e. The first-order valence-corrected chi connectivity index (χ1v) is 11.8. The van der Waals surface area contributed by atoms with Crippen LogP contribution in [0.4, 0.5) is 17.6 Å². The summed E-state index contributed by atoms with van der Waals surface area (Å²) >= 11 is 0. The Balaban J connectivity index is 1.39. The lowest BCUT2D eigenvalue weighted by Crippen LogP contribution is -2.04. The summed E-state index contributed by atoms with van der Waals surface area (Å²) in [7, 11) is 1.68. The summed E-state index contributed by atoms with van der Waals surface area (Å²) in [6, 6.07) is 17.3. The van der Waals surface area contributed by atoms with Crippen molar-refractivity contribution in [1.29, 1.82) is 0 Å². The molecule has 0 aliphatic rings. The molecule has 4 aromatic rings. The van der Waals surface area contributed by atoms with Crippen molar-refractivity contribution in [3.63, 3.8) is 0 Å². The van der Waals surface area contributed by atoms with Crippen LogP contribution in [-0.4, -0.2) is 25.3 Å². The normalized spacial score (nSPS) is 11.4. The summed E-state index contributed by atoms with van der Waals surface area (Å²) < 4.78 is 62.9. The number of pyridine rings is 1. The predicted molar refractivity (Wildman–Crippen MR) is 132 cm³/mol. The lowest BCUT2D eigenvalue weighted by atomic mass is 9.97. The average molecular weight is 498 g/mol. The molecule has 0 atom stereocenters. The number of rotatable bonds is 11. The fourth-order valence-corrected chi connectivity index (χ4v) is 4.15. The second-order valence-corrected chi connectivity index (χ2v) is 8.64. The highest BCUT2D eigenvalue weighted by molar-refractivity contribution is 5.84. The van der Waals surface area contributed by atoms with Gasteiger partial charge in [-0.2, -0.15) is 8.78 Å².